The second-order valence-electron chi connectivity index (χ2n) is 6.53. The van der Waals surface area contributed by atoms with E-state index in [1.165, 1.54) is 4.88 Å². The third-order valence-corrected chi connectivity index (χ3v) is 5.19. The van der Waals surface area contributed by atoms with Crippen LogP contribution in [0.2, 0.25) is 0 Å². The molecular weight excluding hydrogens is 378 g/mol. The van der Waals surface area contributed by atoms with Gasteiger partial charge in [0.15, 0.2) is 11.5 Å². The highest BCUT2D eigenvalue weighted by Gasteiger charge is 2.17. The van der Waals surface area contributed by atoms with Crippen molar-refractivity contribution in [1.82, 2.24) is 0 Å². The first-order chi connectivity index (χ1) is 13.4. The van der Waals surface area contributed by atoms with Crippen molar-refractivity contribution in [1.29, 1.82) is 0 Å². The first-order valence-corrected chi connectivity index (χ1v) is 9.64. The zero-order valence-electron chi connectivity index (χ0n) is 16.7. The molecule has 28 heavy (non-hydrogen) atoms. The fourth-order valence-electron chi connectivity index (χ4n) is 2.45. The van der Waals surface area contributed by atoms with Crippen molar-refractivity contribution in [2.75, 3.05) is 34.5 Å². The van der Waals surface area contributed by atoms with Crippen molar-refractivity contribution in [3.63, 3.8) is 0 Å². The van der Waals surface area contributed by atoms with Crippen LogP contribution in [0.15, 0.2) is 24.3 Å². The first-order valence-electron chi connectivity index (χ1n) is 8.82. The van der Waals surface area contributed by atoms with Gasteiger partial charge in [0.05, 0.1) is 32.8 Å². The fraction of sp³-hybridized carbons (Fsp3) is 0.429. The number of aliphatic hydroxyl groups is 1. The molecule has 1 heterocycles. The van der Waals surface area contributed by atoms with Gasteiger partial charge in [0.1, 0.15) is 12.4 Å². The van der Waals surface area contributed by atoms with Crippen molar-refractivity contribution < 1.29 is 24.1 Å². The van der Waals surface area contributed by atoms with Crippen LogP contribution in [-0.4, -0.2) is 45.2 Å². The van der Waals surface area contributed by atoms with Gasteiger partial charge in [-0.1, -0.05) is 11.8 Å². The van der Waals surface area contributed by atoms with E-state index in [-0.39, 0.29) is 13.2 Å². The lowest BCUT2D eigenvalue weighted by Crippen LogP contribution is -2.40. The van der Waals surface area contributed by atoms with Gasteiger partial charge >= 0.3 is 0 Å². The van der Waals surface area contributed by atoms with Crippen LogP contribution in [-0.2, 0) is 6.42 Å². The topological polar surface area (TPSA) is 83.2 Å². The molecule has 7 heteroatoms. The van der Waals surface area contributed by atoms with Crippen LogP contribution >= 0.6 is 11.3 Å². The van der Waals surface area contributed by atoms with Gasteiger partial charge < -0.3 is 29.8 Å². The third-order valence-electron chi connectivity index (χ3n) is 4.13. The van der Waals surface area contributed by atoms with E-state index in [1.807, 2.05) is 19.1 Å². The van der Waals surface area contributed by atoms with Crippen LogP contribution in [0.5, 0.6) is 23.0 Å². The molecule has 152 valence electrons. The van der Waals surface area contributed by atoms with Crippen molar-refractivity contribution in [3.8, 4) is 34.8 Å². The van der Waals surface area contributed by atoms with Crippen LogP contribution in [0.3, 0.4) is 0 Å². The minimum Gasteiger partial charge on any atom is -0.493 e. The molecule has 0 aliphatic carbocycles. The molecule has 1 unspecified atom stereocenters. The molecule has 3 N–H and O–H groups in total. The summed E-state index contributed by atoms with van der Waals surface area (Å²) in [6, 6.07) is 7.50. The van der Waals surface area contributed by atoms with Gasteiger partial charge in [-0.15, -0.1) is 11.3 Å². The maximum atomic E-state index is 9.23. The van der Waals surface area contributed by atoms with Crippen molar-refractivity contribution >= 4 is 11.3 Å². The second kappa shape index (κ2) is 10.2. The van der Waals surface area contributed by atoms with E-state index in [0.29, 0.717) is 23.0 Å². The number of hydrogen-bond acceptors (Lipinski definition) is 7. The predicted octanol–water partition coefficient (Wildman–Crippen LogP) is 2.85. The Labute approximate surface area is 170 Å². The summed E-state index contributed by atoms with van der Waals surface area (Å²) in [5.74, 6) is 8.28. The molecule has 1 atom stereocenters. The lowest BCUT2D eigenvalue weighted by atomic mass is 9.98. The van der Waals surface area contributed by atoms with Gasteiger partial charge in [-0.05, 0) is 31.9 Å². The maximum absolute atomic E-state index is 9.23. The van der Waals surface area contributed by atoms with E-state index in [1.54, 1.807) is 44.8 Å². The molecule has 2 rings (SSSR count). The smallest absolute Gasteiger partial charge is 0.203 e. The summed E-state index contributed by atoms with van der Waals surface area (Å²) in [6.45, 7) is 2.06. The Balaban J connectivity index is 1.95. The Morgan fingerprint density at radius 1 is 1.11 bits per heavy atom. The van der Waals surface area contributed by atoms with E-state index in [9.17, 15) is 5.11 Å². The molecule has 0 fully saturated rings. The number of aliphatic hydroxyl groups excluding tert-OH is 1. The molecule has 0 aliphatic heterocycles. The predicted molar refractivity (Wildman–Crippen MR) is 111 cm³/mol. The van der Waals surface area contributed by atoms with Gasteiger partial charge in [-0.2, -0.15) is 0 Å². The monoisotopic (exact) mass is 405 g/mol. The summed E-state index contributed by atoms with van der Waals surface area (Å²) in [5.41, 5.74) is 5.42. The van der Waals surface area contributed by atoms with Crippen LogP contribution in [0, 0.1) is 11.8 Å². The Kier molecular flexibility index (Phi) is 8.00. The van der Waals surface area contributed by atoms with Crippen molar-refractivity contribution in [3.05, 3.63) is 34.0 Å². The van der Waals surface area contributed by atoms with E-state index in [4.69, 9.17) is 24.7 Å². The van der Waals surface area contributed by atoms with Gasteiger partial charge in [-0.25, -0.2) is 0 Å². The summed E-state index contributed by atoms with van der Waals surface area (Å²) in [4.78, 5) is 2.16. The number of benzene rings is 1. The average molecular weight is 406 g/mol. The third kappa shape index (κ3) is 6.06. The lowest BCUT2D eigenvalue weighted by Gasteiger charge is -2.20. The van der Waals surface area contributed by atoms with Gasteiger partial charge in [0.25, 0.3) is 0 Å². The van der Waals surface area contributed by atoms with E-state index >= 15 is 0 Å². The van der Waals surface area contributed by atoms with Crippen LogP contribution in [0.4, 0.5) is 0 Å². The maximum Gasteiger partial charge on any atom is 0.203 e. The molecule has 0 saturated carbocycles. The summed E-state index contributed by atoms with van der Waals surface area (Å²) in [6.07, 6.45) is 1.54. The molecule has 0 radical (unpaired) electrons. The van der Waals surface area contributed by atoms with Gasteiger partial charge in [-0.3, -0.25) is 0 Å². The summed E-state index contributed by atoms with van der Waals surface area (Å²) in [7, 11) is 4.67. The molecule has 0 bridgehead atoms. The summed E-state index contributed by atoms with van der Waals surface area (Å²) < 4.78 is 21.6. The number of aryl methyl sites for hydroxylation is 1. The highest BCUT2D eigenvalue weighted by atomic mass is 32.1. The van der Waals surface area contributed by atoms with E-state index in [0.717, 1.165) is 17.7 Å². The minimum atomic E-state index is -0.551. The average Bonchev–Trinajstić information content (AvgIpc) is 3.16. The molecule has 0 saturated heterocycles. The van der Waals surface area contributed by atoms with Crippen molar-refractivity contribution in [2.45, 2.75) is 25.3 Å². The number of ether oxygens (including phenoxy) is 4. The molecule has 0 amide bonds. The molecule has 1 aromatic carbocycles. The molecule has 1 aromatic heterocycles. The summed E-state index contributed by atoms with van der Waals surface area (Å²) >= 11 is 1.62. The Hall–Kier alpha value is -2.40. The first kappa shape index (κ1) is 21.9. The van der Waals surface area contributed by atoms with Crippen LogP contribution < -0.4 is 24.7 Å². The number of hydrogen-bond donors (Lipinski definition) is 2. The number of methoxy groups -OCH3 is 3. The Morgan fingerprint density at radius 2 is 1.79 bits per heavy atom. The molecule has 6 nitrogen and oxygen atoms in total. The highest BCUT2D eigenvalue weighted by molar-refractivity contribution is 7.12. The Bertz CT molecular complexity index is 810. The number of thiophene rings is 1. The second-order valence-corrected chi connectivity index (χ2v) is 7.70. The molecule has 0 spiro atoms. The largest absolute Gasteiger partial charge is 0.493 e. The normalized spacial score (nSPS) is 12.5. The zero-order valence-corrected chi connectivity index (χ0v) is 17.5. The molecule has 0 aliphatic rings. The Morgan fingerprint density at radius 3 is 2.36 bits per heavy atom. The quantitative estimate of drug-likeness (QED) is 0.624. The summed E-state index contributed by atoms with van der Waals surface area (Å²) in [5, 5.41) is 9.23. The minimum absolute atomic E-state index is 0.0245. The van der Waals surface area contributed by atoms with Crippen LogP contribution in [0.1, 0.15) is 23.1 Å². The van der Waals surface area contributed by atoms with Gasteiger partial charge in [0, 0.05) is 22.5 Å². The van der Waals surface area contributed by atoms with E-state index < -0.39 is 5.54 Å². The number of nitrogens with two attached hydrogens (primary N) is 1. The molecule has 2 aromatic rings. The zero-order chi connectivity index (χ0) is 20.6. The molecular formula is C21H27NO5S. The lowest BCUT2D eigenvalue weighted by molar-refractivity contribution is 0.201. The fourth-order valence-corrected chi connectivity index (χ4v) is 3.33. The van der Waals surface area contributed by atoms with Gasteiger partial charge in [0.2, 0.25) is 5.75 Å². The number of rotatable bonds is 9. The van der Waals surface area contributed by atoms with E-state index in [2.05, 4.69) is 11.8 Å². The van der Waals surface area contributed by atoms with Crippen molar-refractivity contribution in [2.24, 2.45) is 5.73 Å². The highest BCUT2D eigenvalue weighted by Crippen LogP contribution is 2.40. The standard InChI is InChI=1S/C21H27NO5S/c1-21(22,14-23)10-9-17-8-7-16(28-17)6-5-11-27-15-12-18(24-2)20(26-4)19(13-15)25-3/h7-8,12-13,23H,9-11,14,22H2,1-4H3. The van der Waals surface area contributed by atoms with Crippen LogP contribution in [0.25, 0.3) is 0 Å². The SMILES string of the molecule is COc1cc(OCC#Cc2ccc(CCC(C)(N)CO)s2)cc(OC)c1OC.